The van der Waals surface area contributed by atoms with Gasteiger partial charge in [0.25, 0.3) is 0 Å². The minimum absolute atomic E-state index is 0.236. The van der Waals surface area contributed by atoms with Crippen molar-refractivity contribution in [3.63, 3.8) is 0 Å². The van der Waals surface area contributed by atoms with E-state index in [4.69, 9.17) is 27.9 Å². The van der Waals surface area contributed by atoms with E-state index in [9.17, 15) is 4.79 Å². The maximum atomic E-state index is 11.9. The summed E-state index contributed by atoms with van der Waals surface area (Å²) in [6.45, 7) is 4.02. The first-order chi connectivity index (χ1) is 9.42. The Morgan fingerprint density at radius 3 is 2.75 bits per heavy atom. The number of ether oxygens (including phenoxy) is 1. The maximum absolute atomic E-state index is 11.9. The summed E-state index contributed by atoms with van der Waals surface area (Å²) >= 11 is 13.6. The van der Waals surface area contributed by atoms with Crippen molar-refractivity contribution in [2.75, 3.05) is 19.4 Å². The predicted octanol–water partition coefficient (Wildman–Crippen LogP) is 4.02. The monoisotopic (exact) mass is 335 g/mol. The molecule has 0 aromatic heterocycles. The first-order valence-electron chi connectivity index (χ1n) is 6.37. The van der Waals surface area contributed by atoms with Crippen LogP contribution in [-0.2, 0) is 9.53 Å². The molecule has 0 aliphatic rings. The highest BCUT2D eigenvalue weighted by Crippen LogP contribution is 2.31. The highest BCUT2D eigenvalue weighted by molar-refractivity contribution is 7.99. The number of nitrogens with one attached hydrogen (secondary N) is 1. The molecular formula is C14H19Cl2NO2S. The van der Waals surface area contributed by atoms with Crippen molar-refractivity contribution in [2.24, 2.45) is 0 Å². The molecule has 0 bridgehead atoms. The van der Waals surface area contributed by atoms with E-state index in [1.165, 1.54) is 0 Å². The van der Waals surface area contributed by atoms with Crippen molar-refractivity contribution in [3.8, 4) is 0 Å². The summed E-state index contributed by atoms with van der Waals surface area (Å²) in [5, 5.41) is 4.35. The quantitative estimate of drug-likeness (QED) is 0.603. The van der Waals surface area contributed by atoms with Crippen LogP contribution in [0.15, 0.2) is 23.1 Å². The van der Waals surface area contributed by atoms with Gasteiger partial charge < -0.3 is 10.1 Å². The lowest BCUT2D eigenvalue weighted by Gasteiger charge is -2.26. The zero-order chi connectivity index (χ0) is 15.2. The van der Waals surface area contributed by atoms with Crippen LogP contribution in [0.2, 0.25) is 10.0 Å². The lowest BCUT2D eigenvalue weighted by molar-refractivity contribution is -0.150. The first kappa shape index (κ1) is 17.6. The topological polar surface area (TPSA) is 38.3 Å². The van der Waals surface area contributed by atoms with Crippen LogP contribution >= 0.6 is 35.0 Å². The Morgan fingerprint density at radius 1 is 1.45 bits per heavy atom. The summed E-state index contributed by atoms with van der Waals surface area (Å²) in [4.78, 5) is 12.8. The van der Waals surface area contributed by atoms with Gasteiger partial charge >= 0.3 is 5.97 Å². The lowest BCUT2D eigenvalue weighted by atomic mass is 10.00. The number of likely N-dealkylation sites (N-methyl/N-ethyl adjacent to an activating group) is 1. The van der Waals surface area contributed by atoms with Crippen molar-refractivity contribution < 1.29 is 9.53 Å². The molecule has 20 heavy (non-hydrogen) atoms. The van der Waals surface area contributed by atoms with Gasteiger partial charge in [0.2, 0.25) is 0 Å². The molecule has 0 heterocycles. The number of thioether (sulfide) groups is 1. The molecule has 1 aromatic carbocycles. The Kier molecular flexibility index (Phi) is 7.17. The third kappa shape index (κ3) is 4.85. The molecule has 1 atom stereocenters. The van der Waals surface area contributed by atoms with Crippen LogP contribution in [0.3, 0.4) is 0 Å². The van der Waals surface area contributed by atoms with Gasteiger partial charge in [-0.25, -0.2) is 0 Å². The maximum Gasteiger partial charge on any atom is 0.326 e. The van der Waals surface area contributed by atoms with Crippen LogP contribution in [0, 0.1) is 0 Å². The fourth-order valence-corrected chi connectivity index (χ4v) is 3.24. The minimum Gasteiger partial charge on any atom is -0.465 e. The zero-order valence-electron chi connectivity index (χ0n) is 11.8. The second kappa shape index (κ2) is 8.13. The second-order valence-corrected chi connectivity index (χ2v) is 6.46. The normalized spacial score (nSPS) is 13.8. The van der Waals surface area contributed by atoms with Crippen LogP contribution < -0.4 is 5.32 Å². The van der Waals surface area contributed by atoms with Crippen molar-refractivity contribution >= 4 is 40.9 Å². The van der Waals surface area contributed by atoms with E-state index in [2.05, 4.69) is 5.32 Å². The molecule has 0 saturated heterocycles. The molecule has 0 amide bonds. The van der Waals surface area contributed by atoms with E-state index in [1.54, 1.807) is 37.9 Å². The standard InChI is InChI=1S/C14H19Cl2NO2S/c1-4-19-13(18)14(2,17-3)7-8-20-12-9-10(15)5-6-11(12)16/h5-6,9,17H,4,7-8H2,1-3H3. The molecule has 0 radical (unpaired) electrons. The van der Waals surface area contributed by atoms with Gasteiger partial charge in [-0.2, -0.15) is 0 Å². The van der Waals surface area contributed by atoms with Gasteiger partial charge in [0.1, 0.15) is 5.54 Å². The molecular weight excluding hydrogens is 317 g/mol. The van der Waals surface area contributed by atoms with Gasteiger partial charge in [0.05, 0.1) is 11.6 Å². The number of benzene rings is 1. The average molecular weight is 336 g/mol. The Balaban J connectivity index is 2.61. The summed E-state index contributed by atoms with van der Waals surface area (Å²) in [5.74, 6) is 0.497. The molecule has 112 valence electrons. The highest BCUT2D eigenvalue weighted by atomic mass is 35.5. The molecule has 0 fully saturated rings. The van der Waals surface area contributed by atoms with Crippen molar-refractivity contribution in [1.29, 1.82) is 0 Å². The summed E-state index contributed by atoms with van der Waals surface area (Å²) in [5.41, 5.74) is -0.686. The number of hydrogen-bond donors (Lipinski definition) is 1. The smallest absolute Gasteiger partial charge is 0.326 e. The first-order valence-corrected chi connectivity index (χ1v) is 8.11. The molecule has 0 spiro atoms. The second-order valence-electron chi connectivity index (χ2n) is 4.48. The molecule has 3 nitrogen and oxygen atoms in total. The Bertz CT molecular complexity index is 470. The van der Waals surface area contributed by atoms with E-state index in [0.29, 0.717) is 23.1 Å². The Hall–Kier alpha value is -0.420. The Morgan fingerprint density at radius 2 is 2.15 bits per heavy atom. The van der Waals surface area contributed by atoms with Crippen LogP contribution in [0.25, 0.3) is 0 Å². The number of halogens is 2. The van der Waals surface area contributed by atoms with Crippen LogP contribution in [0.4, 0.5) is 0 Å². The molecule has 6 heteroatoms. The van der Waals surface area contributed by atoms with E-state index < -0.39 is 5.54 Å². The summed E-state index contributed by atoms with van der Waals surface area (Å²) in [6, 6.07) is 5.36. The molecule has 1 N–H and O–H groups in total. The Labute approximate surface area is 134 Å². The van der Waals surface area contributed by atoms with E-state index in [0.717, 1.165) is 10.6 Å². The lowest BCUT2D eigenvalue weighted by Crippen LogP contribution is -2.49. The van der Waals surface area contributed by atoms with Gasteiger partial charge in [-0.3, -0.25) is 4.79 Å². The molecule has 0 aliphatic carbocycles. The van der Waals surface area contributed by atoms with Crippen LogP contribution in [0.5, 0.6) is 0 Å². The minimum atomic E-state index is -0.686. The largest absolute Gasteiger partial charge is 0.465 e. The van der Waals surface area contributed by atoms with Gasteiger partial charge in [-0.05, 0) is 45.5 Å². The van der Waals surface area contributed by atoms with Crippen LogP contribution in [0.1, 0.15) is 20.3 Å². The summed E-state index contributed by atoms with van der Waals surface area (Å²) in [6.07, 6.45) is 0.635. The van der Waals surface area contributed by atoms with E-state index in [1.807, 2.05) is 13.0 Å². The molecule has 0 saturated carbocycles. The average Bonchev–Trinajstić information content (AvgIpc) is 2.42. The van der Waals surface area contributed by atoms with Gasteiger partial charge in [0.15, 0.2) is 0 Å². The van der Waals surface area contributed by atoms with Gasteiger partial charge in [-0.15, -0.1) is 11.8 Å². The molecule has 1 unspecified atom stereocenters. The fourth-order valence-electron chi connectivity index (χ4n) is 1.57. The van der Waals surface area contributed by atoms with Crippen LogP contribution in [-0.4, -0.2) is 30.9 Å². The van der Waals surface area contributed by atoms with Gasteiger partial charge in [0, 0.05) is 15.7 Å². The molecule has 0 aliphatic heterocycles. The molecule has 1 aromatic rings. The fraction of sp³-hybridized carbons (Fsp3) is 0.500. The highest BCUT2D eigenvalue weighted by Gasteiger charge is 2.32. The van der Waals surface area contributed by atoms with Crippen molar-refractivity contribution in [1.82, 2.24) is 5.32 Å². The van der Waals surface area contributed by atoms with E-state index in [-0.39, 0.29) is 5.97 Å². The summed E-state index contributed by atoms with van der Waals surface area (Å²) in [7, 11) is 1.76. The predicted molar refractivity (Wildman–Crippen MR) is 85.9 cm³/mol. The summed E-state index contributed by atoms with van der Waals surface area (Å²) < 4.78 is 5.09. The van der Waals surface area contributed by atoms with E-state index >= 15 is 0 Å². The zero-order valence-corrected chi connectivity index (χ0v) is 14.2. The number of rotatable bonds is 7. The van der Waals surface area contributed by atoms with Crippen molar-refractivity contribution in [2.45, 2.75) is 30.7 Å². The third-order valence-electron chi connectivity index (χ3n) is 3.03. The molecule has 1 rings (SSSR count). The number of carbonyl (C=O) groups is 1. The third-order valence-corrected chi connectivity index (χ3v) is 4.76. The number of esters is 1. The SMILES string of the molecule is CCOC(=O)C(C)(CCSc1cc(Cl)ccc1Cl)NC. The van der Waals surface area contributed by atoms with Gasteiger partial charge in [-0.1, -0.05) is 23.2 Å². The number of hydrogen-bond acceptors (Lipinski definition) is 4. The van der Waals surface area contributed by atoms with Crippen molar-refractivity contribution in [3.05, 3.63) is 28.2 Å². The number of carbonyl (C=O) groups excluding carboxylic acids is 1.